The number of pyridine rings is 2. The highest BCUT2D eigenvalue weighted by Crippen LogP contribution is 2.35. The van der Waals surface area contributed by atoms with Gasteiger partial charge in [-0.1, -0.05) is 152 Å². The number of benzene rings is 6. The highest BCUT2D eigenvalue weighted by Gasteiger charge is 2.14. The van der Waals surface area contributed by atoms with Crippen molar-refractivity contribution in [3.63, 3.8) is 0 Å². The van der Waals surface area contributed by atoms with Crippen molar-refractivity contribution >= 4 is 21.8 Å². The van der Waals surface area contributed by atoms with Crippen molar-refractivity contribution in [3.05, 3.63) is 182 Å². The summed E-state index contributed by atoms with van der Waals surface area (Å²) < 4.78 is 0. The lowest BCUT2D eigenvalue weighted by molar-refractivity contribution is 1.18. The molecule has 0 N–H and O–H groups in total. The van der Waals surface area contributed by atoms with Crippen LogP contribution in [-0.4, -0.2) is 19.9 Å². The Kier molecular flexibility index (Phi) is 7.67. The molecule has 0 aliphatic heterocycles. The average molecular weight is 653 g/mol. The van der Waals surface area contributed by atoms with Crippen LogP contribution in [0.15, 0.2) is 176 Å². The number of aryl methyl sites for hydroxylation is 1. The fraction of sp³-hybridized carbons (Fsp3) is 0.0213. The number of hydrogen-bond acceptors (Lipinski definition) is 4. The normalized spacial score (nSPS) is 11.2. The predicted molar refractivity (Wildman–Crippen MR) is 210 cm³/mol. The van der Waals surface area contributed by atoms with Crippen LogP contribution in [-0.2, 0) is 0 Å². The van der Waals surface area contributed by atoms with Crippen LogP contribution in [0.25, 0.3) is 89.2 Å². The van der Waals surface area contributed by atoms with Crippen molar-refractivity contribution in [2.45, 2.75) is 6.92 Å². The van der Waals surface area contributed by atoms with Gasteiger partial charge in [-0.15, -0.1) is 0 Å². The lowest BCUT2D eigenvalue weighted by Gasteiger charge is -2.12. The Balaban J connectivity index is 1.14. The van der Waals surface area contributed by atoms with Gasteiger partial charge in [-0.3, -0.25) is 4.98 Å². The second-order valence-corrected chi connectivity index (χ2v) is 12.8. The van der Waals surface area contributed by atoms with Crippen LogP contribution in [0.1, 0.15) is 5.69 Å². The molecule has 0 radical (unpaired) electrons. The van der Waals surface area contributed by atoms with Crippen LogP contribution in [0.3, 0.4) is 0 Å². The zero-order valence-corrected chi connectivity index (χ0v) is 28.0. The monoisotopic (exact) mass is 652 g/mol. The summed E-state index contributed by atoms with van der Waals surface area (Å²) in [5.41, 5.74) is 14.1. The van der Waals surface area contributed by atoms with Gasteiger partial charge in [0.25, 0.3) is 0 Å². The molecule has 4 heteroatoms. The standard InChI is InChI=1S/C47H32N4/c1-31-28-41(34-14-7-3-8-15-34)40-26-24-36-25-27-42(49-45(36)46(40)48-31)38-18-11-19-39(29-38)44-30-43(35-16-9-4-10-17-35)50-47(51-44)37-22-20-33(21-23-37)32-12-5-2-6-13-32/h2-30H,1H3. The van der Waals surface area contributed by atoms with Gasteiger partial charge in [0.2, 0.25) is 0 Å². The minimum absolute atomic E-state index is 0.683. The minimum atomic E-state index is 0.683. The summed E-state index contributed by atoms with van der Waals surface area (Å²) in [6.07, 6.45) is 0. The van der Waals surface area contributed by atoms with E-state index in [0.717, 1.165) is 78.0 Å². The molecule has 9 aromatic rings. The van der Waals surface area contributed by atoms with Crippen LogP contribution >= 0.6 is 0 Å². The molecule has 3 heterocycles. The summed E-state index contributed by atoms with van der Waals surface area (Å²) in [7, 11) is 0. The third kappa shape index (κ3) is 5.94. The minimum Gasteiger partial charge on any atom is -0.251 e. The first-order valence-electron chi connectivity index (χ1n) is 17.1. The van der Waals surface area contributed by atoms with Crippen molar-refractivity contribution in [1.82, 2.24) is 19.9 Å². The Morgan fingerprint density at radius 3 is 1.59 bits per heavy atom. The average Bonchev–Trinajstić information content (AvgIpc) is 3.21. The third-order valence-corrected chi connectivity index (χ3v) is 9.35. The first-order valence-corrected chi connectivity index (χ1v) is 17.1. The first-order chi connectivity index (χ1) is 25.2. The van der Waals surface area contributed by atoms with Crippen molar-refractivity contribution in [3.8, 4) is 67.4 Å². The Morgan fingerprint density at radius 1 is 0.333 bits per heavy atom. The summed E-state index contributed by atoms with van der Waals surface area (Å²) in [4.78, 5) is 20.4. The first kappa shape index (κ1) is 30.3. The molecule has 0 spiro atoms. The molecular weight excluding hydrogens is 621 g/mol. The van der Waals surface area contributed by atoms with E-state index in [2.05, 4.69) is 153 Å². The molecule has 0 fully saturated rings. The molecule has 240 valence electrons. The second kappa shape index (κ2) is 12.9. The number of aromatic nitrogens is 4. The van der Waals surface area contributed by atoms with Crippen molar-refractivity contribution in [1.29, 1.82) is 0 Å². The molecule has 0 atom stereocenters. The molecule has 0 saturated heterocycles. The highest BCUT2D eigenvalue weighted by molar-refractivity contribution is 6.08. The molecule has 6 aromatic carbocycles. The van der Waals surface area contributed by atoms with Crippen LogP contribution in [0.4, 0.5) is 0 Å². The SMILES string of the molecule is Cc1cc(-c2ccccc2)c2ccc3ccc(-c4cccc(-c5cc(-c6ccccc6)nc(-c6ccc(-c7ccccc7)cc6)n5)c4)nc3c2n1. The van der Waals surface area contributed by atoms with Crippen LogP contribution in [0.2, 0.25) is 0 Å². The van der Waals surface area contributed by atoms with Gasteiger partial charge in [-0.2, -0.15) is 0 Å². The number of rotatable bonds is 6. The van der Waals surface area contributed by atoms with Crippen molar-refractivity contribution < 1.29 is 0 Å². The molecule has 3 aromatic heterocycles. The fourth-order valence-corrected chi connectivity index (χ4v) is 6.78. The molecule has 0 amide bonds. The maximum Gasteiger partial charge on any atom is 0.160 e. The Bertz CT molecular complexity index is 2670. The van der Waals surface area contributed by atoms with Crippen LogP contribution in [0, 0.1) is 6.92 Å². The molecular formula is C47H32N4. The largest absolute Gasteiger partial charge is 0.251 e. The number of hydrogen-bond donors (Lipinski definition) is 0. The molecule has 0 aliphatic carbocycles. The Labute approximate surface area is 296 Å². The summed E-state index contributed by atoms with van der Waals surface area (Å²) in [5.74, 6) is 0.683. The quantitative estimate of drug-likeness (QED) is 0.168. The number of nitrogens with zero attached hydrogens (tertiary/aromatic N) is 4. The van der Waals surface area contributed by atoms with Crippen LogP contribution in [0.5, 0.6) is 0 Å². The van der Waals surface area contributed by atoms with E-state index < -0.39 is 0 Å². The highest BCUT2D eigenvalue weighted by atomic mass is 14.9. The lowest BCUT2D eigenvalue weighted by atomic mass is 9.98. The van der Waals surface area contributed by atoms with E-state index in [1.807, 2.05) is 30.3 Å². The number of fused-ring (bicyclic) bond motifs is 3. The summed E-state index contributed by atoms with van der Waals surface area (Å²) in [6, 6.07) is 60.9. The molecule has 9 rings (SSSR count). The molecule has 4 nitrogen and oxygen atoms in total. The van der Waals surface area contributed by atoms with Gasteiger partial charge >= 0.3 is 0 Å². The fourth-order valence-electron chi connectivity index (χ4n) is 6.78. The van der Waals surface area contributed by atoms with E-state index in [4.69, 9.17) is 19.9 Å². The topological polar surface area (TPSA) is 51.6 Å². The molecule has 0 bridgehead atoms. The van der Waals surface area contributed by atoms with Gasteiger partial charge < -0.3 is 0 Å². The van der Waals surface area contributed by atoms with E-state index in [1.165, 1.54) is 11.1 Å². The lowest BCUT2D eigenvalue weighted by Crippen LogP contribution is -1.96. The van der Waals surface area contributed by atoms with Gasteiger partial charge in [-0.25, -0.2) is 15.0 Å². The zero-order valence-electron chi connectivity index (χ0n) is 28.0. The second-order valence-electron chi connectivity index (χ2n) is 12.8. The summed E-state index contributed by atoms with van der Waals surface area (Å²) in [6.45, 7) is 2.05. The summed E-state index contributed by atoms with van der Waals surface area (Å²) in [5, 5.41) is 2.15. The van der Waals surface area contributed by atoms with Gasteiger partial charge in [0.1, 0.15) is 0 Å². The predicted octanol–water partition coefficient (Wildman–Crippen LogP) is 11.9. The smallest absolute Gasteiger partial charge is 0.160 e. The molecule has 51 heavy (non-hydrogen) atoms. The van der Waals surface area contributed by atoms with E-state index >= 15 is 0 Å². The van der Waals surface area contributed by atoms with Crippen molar-refractivity contribution in [2.75, 3.05) is 0 Å². The van der Waals surface area contributed by atoms with Gasteiger partial charge in [0, 0.05) is 38.7 Å². The zero-order chi connectivity index (χ0) is 34.1. The van der Waals surface area contributed by atoms with E-state index in [0.29, 0.717) is 5.82 Å². The summed E-state index contributed by atoms with van der Waals surface area (Å²) >= 11 is 0. The Hall–Kier alpha value is -6.78. The van der Waals surface area contributed by atoms with E-state index in [9.17, 15) is 0 Å². The third-order valence-electron chi connectivity index (χ3n) is 9.35. The van der Waals surface area contributed by atoms with Crippen LogP contribution < -0.4 is 0 Å². The van der Waals surface area contributed by atoms with E-state index in [1.54, 1.807) is 0 Å². The molecule has 0 saturated carbocycles. The van der Waals surface area contributed by atoms with Gasteiger partial charge in [0.05, 0.1) is 28.1 Å². The molecule has 0 aliphatic rings. The Morgan fingerprint density at radius 2 is 0.882 bits per heavy atom. The van der Waals surface area contributed by atoms with Crippen molar-refractivity contribution in [2.24, 2.45) is 0 Å². The maximum atomic E-state index is 5.25. The van der Waals surface area contributed by atoms with Gasteiger partial charge in [0.15, 0.2) is 5.82 Å². The van der Waals surface area contributed by atoms with E-state index in [-0.39, 0.29) is 0 Å². The molecule has 0 unspecified atom stereocenters. The van der Waals surface area contributed by atoms with Gasteiger partial charge in [-0.05, 0) is 53.4 Å². The maximum absolute atomic E-state index is 5.25.